The van der Waals surface area contributed by atoms with Crippen LogP contribution in [0.25, 0.3) is 0 Å². The lowest BCUT2D eigenvalue weighted by Crippen LogP contribution is -2.17. The third-order valence-corrected chi connectivity index (χ3v) is 3.96. The first-order valence-corrected chi connectivity index (χ1v) is 8.45. The van der Waals surface area contributed by atoms with Crippen molar-refractivity contribution in [3.63, 3.8) is 0 Å². The molecule has 0 aromatic heterocycles. The van der Waals surface area contributed by atoms with Gasteiger partial charge >= 0.3 is 11.9 Å². The largest absolute Gasteiger partial charge is 0.478 e. The molecule has 0 atom stereocenters. The second-order valence-corrected chi connectivity index (χ2v) is 6.39. The molecule has 1 rings (SSSR count). The van der Waals surface area contributed by atoms with Gasteiger partial charge in [-0.2, -0.15) is 0 Å². The fourth-order valence-corrected chi connectivity index (χ4v) is 2.91. The lowest BCUT2D eigenvalue weighted by molar-refractivity contribution is 0.0489. The molecule has 1 aromatic rings. The third-order valence-electron chi connectivity index (χ3n) is 3.63. The second-order valence-electron chi connectivity index (χ2n) is 5.98. The maximum Gasteiger partial charge on any atom is 0.339 e. The van der Waals surface area contributed by atoms with Gasteiger partial charge in [-0.05, 0) is 42.4 Å². The molecule has 23 heavy (non-hydrogen) atoms. The van der Waals surface area contributed by atoms with Gasteiger partial charge in [0.2, 0.25) is 0 Å². The van der Waals surface area contributed by atoms with Gasteiger partial charge in [-0.15, -0.1) is 0 Å². The molecule has 0 spiro atoms. The van der Waals surface area contributed by atoms with Crippen LogP contribution in [0.3, 0.4) is 0 Å². The summed E-state index contributed by atoms with van der Waals surface area (Å²) in [5.74, 6) is -1.49. The third kappa shape index (κ3) is 4.96. The summed E-state index contributed by atoms with van der Waals surface area (Å²) in [5, 5.41) is 10.1. The Balaban J connectivity index is 3.42. The normalized spacial score (nSPS) is 10.9. The van der Waals surface area contributed by atoms with Crippen molar-refractivity contribution in [3.05, 3.63) is 33.3 Å². The Hall–Kier alpha value is -1.55. The summed E-state index contributed by atoms with van der Waals surface area (Å²) in [6.07, 6.45) is 2.81. The van der Waals surface area contributed by atoms with Crippen molar-refractivity contribution in [2.24, 2.45) is 5.92 Å². The van der Waals surface area contributed by atoms with E-state index in [9.17, 15) is 14.7 Å². The molecule has 0 saturated carbocycles. The standard InChI is InChI=1S/C18H25ClO4/c1-5-7-8-23-18(22)14-10-15(19)12(6-2)13(9-11(3)4)16(14)17(20)21/h10-11H,5-9H2,1-4H3,(H,20,21). The van der Waals surface area contributed by atoms with Crippen LogP contribution >= 0.6 is 11.6 Å². The van der Waals surface area contributed by atoms with Crippen molar-refractivity contribution in [1.82, 2.24) is 0 Å². The van der Waals surface area contributed by atoms with Crippen LogP contribution in [0.4, 0.5) is 0 Å². The number of halogens is 1. The van der Waals surface area contributed by atoms with Crippen LogP contribution in [0.15, 0.2) is 6.07 Å². The zero-order chi connectivity index (χ0) is 17.6. The minimum absolute atomic E-state index is 0.0291. The van der Waals surface area contributed by atoms with Crippen molar-refractivity contribution in [2.45, 2.75) is 53.4 Å². The van der Waals surface area contributed by atoms with E-state index in [1.54, 1.807) is 0 Å². The van der Waals surface area contributed by atoms with Gasteiger partial charge in [0, 0.05) is 5.02 Å². The van der Waals surface area contributed by atoms with Crippen LogP contribution in [0.5, 0.6) is 0 Å². The van der Waals surface area contributed by atoms with Crippen molar-refractivity contribution in [1.29, 1.82) is 0 Å². The highest BCUT2D eigenvalue weighted by Crippen LogP contribution is 2.30. The Morgan fingerprint density at radius 3 is 2.39 bits per heavy atom. The molecule has 0 heterocycles. The highest BCUT2D eigenvalue weighted by atomic mass is 35.5. The molecule has 4 nitrogen and oxygen atoms in total. The first kappa shape index (κ1) is 19.5. The second kappa shape index (κ2) is 8.92. The minimum atomic E-state index is -1.12. The zero-order valence-electron chi connectivity index (χ0n) is 14.2. The molecular formula is C18H25ClO4. The van der Waals surface area contributed by atoms with Gasteiger partial charge in [-0.25, -0.2) is 9.59 Å². The Kier molecular flexibility index (Phi) is 7.56. The number of ether oxygens (including phenoxy) is 1. The fourth-order valence-electron chi connectivity index (χ4n) is 2.55. The molecule has 0 aliphatic carbocycles. The van der Waals surface area contributed by atoms with Crippen LogP contribution in [-0.2, 0) is 17.6 Å². The summed E-state index contributed by atoms with van der Waals surface area (Å²) in [6, 6.07) is 1.43. The topological polar surface area (TPSA) is 63.6 Å². The summed E-state index contributed by atoms with van der Waals surface area (Å²) in [6.45, 7) is 8.21. The number of hydrogen-bond donors (Lipinski definition) is 1. The Bertz CT molecular complexity index is 579. The molecule has 0 aliphatic heterocycles. The first-order valence-electron chi connectivity index (χ1n) is 8.08. The van der Waals surface area contributed by atoms with Crippen molar-refractivity contribution >= 4 is 23.5 Å². The Morgan fingerprint density at radius 1 is 1.26 bits per heavy atom. The summed E-state index contributed by atoms with van der Waals surface area (Å²) in [7, 11) is 0. The van der Waals surface area contributed by atoms with Gasteiger partial charge in [0.05, 0.1) is 17.7 Å². The summed E-state index contributed by atoms with van der Waals surface area (Å²) >= 11 is 6.30. The average molecular weight is 341 g/mol. The van der Waals surface area contributed by atoms with E-state index in [2.05, 4.69) is 0 Å². The van der Waals surface area contributed by atoms with Gasteiger partial charge in [0.15, 0.2) is 0 Å². The molecule has 128 valence electrons. The molecule has 5 heteroatoms. The fraction of sp³-hybridized carbons (Fsp3) is 0.556. The van der Waals surface area contributed by atoms with E-state index in [-0.39, 0.29) is 23.7 Å². The minimum Gasteiger partial charge on any atom is -0.478 e. The monoisotopic (exact) mass is 340 g/mol. The molecular weight excluding hydrogens is 316 g/mol. The zero-order valence-corrected chi connectivity index (χ0v) is 15.0. The van der Waals surface area contributed by atoms with E-state index >= 15 is 0 Å². The van der Waals surface area contributed by atoms with E-state index in [1.807, 2.05) is 27.7 Å². The van der Waals surface area contributed by atoms with Crippen molar-refractivity contribution < 1.29 is 19.4 Å². The lowest BCUT2D eigenvalue weighted by atomic mass is 9.89. The number of carbonyl (C=O) groups excluding carboxylic acids is 1. The van der Waals surface area contributed by atoms with Gasteiger partial charge < -0.3 is 9.84 Å². The SMILES string of the molecule is CCCCOC(=O)c1cc(Cl)c(CC)c(CC(C)C)c1C(=O)O. The van der Waals surface area contributed by atoms with E-state index in [1.165, 1.54) is 6.07 Å². The average Bonchev–Trinajstić information content (AvgIpc) is 2.46. The molecule has 0 radical (unpaired) electrons. The lowest BCUT2D eigenvalue weighted by Gasteiger charge is -2.18. The predicted octanol–water partition coefficient (Wildman–Crippen LogP) is 4.76. The van der Waals surface area contributed by atoms with Crippen LogP contribution in [0.1, 0.15) is 72.4 Å². The highest BCUT2D eigenvalue weighted by molar-refractivity contribution is 6.32. The van der Waals surface area contributed by atoms with Crippen LogP contribution in [0.2, 0.25) is 5.02 Å². The highest BCUT2D eigenvalue weighted by Gasteiger charge is 2.26. The Morgan fingerprint density at radius 2 is 1.91 bits per heavy atom. The number of hydrogen-bond acceptors (Lipinski definition) is 3. The van der Waals surface area contributed by atoms with Crippen LogP contribution < -0.4 is 0 Å². The maximum atomic E-state index is 12.3. The van der Waals surface area contributed by atoms with Crippen LogP contribution in [-0.4, -0.2) is 23.7 Å². The van der Waals surface area contributed by atoms with Crippen molar-refractivity contribution in [3.8, 4) is 0 Å². The van der Waals surface area contributed by atoms with E-state index in [4.69, 9.17) is 16.3 Å². The smallest absolute Gasteiger partial charge is 0.339 e. The molecule has 0 unspecified atom stereocenters. The summed E-state index contributed by atoms with van der Waals surface area (Å²) < 4.78 is 5.19. The van der Waals surface area contributed by atoms with Gasteiger partial charge in [-0.1, -0.05) is 45.7 Å². The predicted molar refractivity (Wildman–Crippen MR) is 91.5 cm³/mol. The molecule has 0 fully saturated rings. The number of benzene rings is 1. The number of carboxylic acid groups (broad SMARTS) is 1. The number of carboxylic acids is 1. The van der Waals surface area contributed by atoms with Crippen molar-refractivity contribution in [2.75, 3.05) is 6.61 Å². The Labute approximate surface area is 142 Å². The molecule has 0 saturated heterocycles. The molecule has 0 bridgehead atoms. The van der Waals surface area contributed by atoms with E-state index in [0.717, 1.165) is 18.4 Å². The number of unbranched alkanes of at least 4 members (excludes halogenated alkanes) is 1. The number of esters is 1. The number of rotatable bonds is 8. The first-order chi connectivity index (χ1) is 10.8. The number of aromatic carboxylic acids is 1. The number of carbonyl (C=O) groups is 2. The van der Waals surface area contributed by atoms with E-state index in [0.29, 0.717) is 23.4 Å². The summed E-state index contributed by atoms with van der Waals surface area (Å²) in [4.78, 5) is 24.1. The van der Waals surface area contributed by atoms with Gasteiger partial charge in [0.25, 0.3) is 0 Å². The maximum absolute atomic E-state index is 12.3. The molecule has 0 amide bonds. The van der Waals surface area contributed by atoms with Gasteiger partial charge in [-0.3, -0.25) is 0 Å². The van der Waals surface area contributed by atoms with E-state index < -0.39 is 11.9 Å². The van der Waals surface area contributed by atoms with Crippen LogP contribution in [0, 0.1) is 5.92 Å². The van der Waals surface area contributed by atoms with Gasteiger partial charge in [0.1, 0.15) is 0 Å². The quantitative estimate of drug-likeness (QED) is 0.547. The molecule has 1 aromatic carbocycles. The summed E-state index contributed by atoms with van der Waals surface area (Å²) in [5.41, 5.74) is 1.51. The molecule has 1 N–H and O–H groups in total. The molecule has 0 aliphatic rings.